The molecule has 6 nitrogen and oxygen atoms in total. The van der Waals surface area contributed by atoms with Crippen molar-refractivity contribution in [2.24, 2.45) is 10.7 Å². The predicted octanol–water partition coefficient (Wildman–Crippen LogP) is 2.63. The van der Waals surface area contributed by atoms with E-state index in [1.165, 1.54) is 12.4 Å². The summed E-state index contributed by atoms with van der Waals surface area (Å²) in [5.41, 5.74) is 7.79. The number of pyridine rings is 1. The number of carbonyl (C=O) groups excluding carboxylic acids is 1. The Hall–Kier alpha value is -2.60. The zero-order valence-electron chi connectivity index (χ0n) is 12.9. The molecule has 0 fully saturated rings. The first kappa shape index (κ1) is 16.3. The molecule has 3 rings (SSSR count). The SMILES string of the molecule is NC1=NC(CCc2ccc(NC(=O)c3cncc(Cl)c3)cc2)CO1. The van der Waals surface area contributed by atoms with Gasteiger partial charge in [-0.1, -0.05) is 23.7 Å². The average Bonchev–Trinajstić information content (AvgIpc) is 3.00. The van der Waals surface area contributed by atoms with Crippen LogP contribution in [0.1, 0.15) is 22.3 Å². The van der Waals surface area contributed by atoms with Gasteiger partial charge in [0.25, 0.3) is 11.9 Å². The van der Waals surface area contributed by atoms with Crippen LogP contribution >= 0.6 is 11.6 Å². The maximum atomic E-state index is 12.1. The van der Waals surface area contributed by atoms with Gasteiger partial charge in [0.15, 0.2) is 0 Å². The van der Waals surface area contributed by atoms with Gasteiger partial charge >= 0.3 is 0 Å². The van der Waals surface area contributed by atoms with Crippen molar-refractivity contribution in [2.75, 3.05) is 11.9 Å². The minimum absolute atomic E-state index is 0.125. The summed E-state index contributed by atoms with van der Waals surface area (Å²) < 4.78 is 5.13. The highest BCUT2D eigenvalue weighted by atomic mass is 35.5. The molecule has 124 valence electrons. The van der Waals surface area contributed by atoms with Crippen molar-refractivity contribution in [1.82, 2.24) is 4.98 Å². The lowest BCUT2D eigenvalue weighted by Crippen LogP contribution is -2.12. The number of nitrogens with one attached hydrogen (secondary N) is 1. The summed E-state index contributed by atoms with van der Waals surface area (Å²) >= 11 is 5.84. The van der Waals surface area contributed by atoms with Crippen molar-refractivity contribution in [1.29, 1.82) is 0 Å². The van der Waals surface area contributed by atoms with Gasteiger partial charge in [0, 0.05) is 18.1 Å². The number of aromatic nitrogens is 1. The van der Waals surface area contributed by atoms with Crippen LogP contribution in [-0.4, -0.2) is 29.6 Å². The number of hydrogen-bond donors (Lipinski definition) is 2. The van der Waals surface area contributed by atoms with Gasteiger partial charge in [-0.05, 0) is 36.6 Å². The number of ether oxygens (including phenoxy) is 1. The Balaban J connectivity index is 1.55. The van der Waals surface area contributed by atoms with Gasteiger partial charge < -0.3 is 15.8 Å². The Morgan fingerprint density at radius 1 is 1.33 bits per heavy atom. The highest BCUT2D eigenvalue weighted by molar-refractivity contribution is 6.30. The number of aryl methyl sites for hydroxylation is 1. The zero-order chi connectivity index (χ0) is 16.9. The van der Waals surface area contributed by atoms with Crippen molar-refractivity contribution in [3.63, 3.8) is 0 Å². The average molecular weight is 345 g/mol. The van der Waals surface area contributed by atoms with Gasteiger partial charge in [0.2, 0.25) is 0 Å². The van der Waals surface area contributed by atoms with Gasteiger partial charge in [-0.2, -0.15) is 0 Å². The number of anilines is 1. The second-order valence-corrected chi connectivity index (χ2v) is 5.95. The summed E-state index contributed by atoms with van der Waals surface area (Å²) in [4.78, 5) is 20.2. The van der Waals surface area contributed by atoms with Gasteiger partial charge in [-0.15, -0.1) is 0 Å². The number of amides is 1. The molecule has 0 bridgehead atoms. The van der Waals surface area contributed by atoms with Gasteiger partial charge in [0.05, 0.1) is 16.6 Å². The second-order valence-electron chi connectivity index (χ2n) is 5.51. The molecule has 1 unspecified atom stereocenters. The molecule has 7 heteroatoms. The third-order valence-corrected chi connectivity index (χ3v) is 3.89. The van der Waals surface area contributed by atoms with E-state index < -0.39 is 0 Å². The molecule has 3 N–H and O–H groups in total. The highest BCUT2D eigenvalue weighted by Gasteiger charge is 2.16. The number of nitrogens with zero attached hydrogens (tertiary/aromatic N) is 2. The molecule has 0 spiro atoms. The Morgan fingerprint density at radius 3 is 2.79 bits per heavy atom. The second kappa shape index (κ2) is 7.31. The van der Waals surface area contributed by atoms with Crippen LogP contribution in [-0.2, 0) is 11.2 Å². The molecule has 2 heterocycles. The molecular formula is C17H17ClN4O2. The first-order chi connectivity index (χ1) is 11.6. The van der Waals surface area contributed by atoms with Crippen molar-refractivity contribution in [3.8, 4) is 0 Å². The monoisotopic (exact) mass is 344 g/mol. The molecular weight excluding hydrogens is 328 g/mol. The fourth-order valence-corrected chi connectivity index (χ4v) is 2.59. The van der Waals surface area contributed by atoms with Gasteiger partial charge in [0.1, 0.15) is 6.61 Å². The molecule has 0 saturated carbocycles. The minimum Gasteiger partial charge on any atom is -0.463 e. The van der Waals surface area contributed by atoms with E-state index in [1.54, 1.807) is 6.07 Å². The summed E-state index contributed by atoms with van der Waals surface area (Å²) in [5, 5.41) is 3.25. The summed E-state index contributed by atoms with van der Waals surface area (Å²) in [5.74, 6) is -0.245. The fourth-order valence-electron chi connectivity index (χ4n) is 2.41. The smallest absolute Gasteiger partial charge is 0.282 e. The van der Waals surface area contributed by atoms with Crippen LogP contribution in [0.4, 0.5) is 5.69 Å². The quantitative estimate of drug-likeness (QED) is 0.872. The summed E-state index contributed by atoms with van der Waals surface area (Å²) in [6.45, 7) is 0.549. The van der Waals surface area contributed by atoms with Gasteiger partial charge in [-0.25, -0.2) is 4.99 Å². The van der Waals surface area contributed by atoms with Crippen LogP contribution in [0.3, 0.4) is 0 Å². The van der Waals surface area contributed by atoms with E-state index in [1.807, 2.05) is 24.3 Å². The Morgan fingerprint density at radius 2 is 2.12 bits per heavy atom. The zero-order valence-corrected chi connectivity index (χ0v) is 13.7. The lowest BCUT2D eigenvalue weighted by atomic mass is 10.1. The number of amidine groups is 1. The summed E-state index contributed by atoms with van der Waals surface area (Å²) in [6.07, 6.45) is 4.71. The summed E-state index contributed by atoms with van der Waals surface area (Å²) in [7, 11) is 0. The van der Waals surface area contributed by atoms with Crippen LogP contribution in [0.2, 0.25) is 5.02 Å². The molecule has 1 aliphatic rings. The largest absolute Gasteiger partial charge is 0.463 e. The van der Waals surface area contributed by atoms with Crippen LogP contribution in [0.15, 0.2) is 47.7 Å². The van der Waals surface area contributed by atoms with Crippen LogP contribution in [0.25, 0.3) is 0 Å². The Labute approximate surface area is 144 Å². The third-order valence-electron chi connectivity index (χ3n) is 3.68. The maximum Gasteiger partial charge on any atom is 0.282 e. The fraction of sp³-hybridized carbons (Fsp3) is 0.235. The molecule has 1 aromatic carbocycles. The lowest BCUT2D eigenvalue weighted by molar-refractivity contribution is 0.102. The van der Waals surface area contributed by atoms with Crippen LogP contribution in [0.5, 0.6) is 0 Å². The van der Waals surface area contributed by atoms with E-state index in [4.69, 9.17) is 22.1 Å². The normalized spacial score (nSPS) is 16.4. The lowest BCUT2D eigenvalue weighted by Gasteiger charge is -2.08. The summed E-state index contributed by atoms with van der Waals surface area (Å²) in [6, 6.07) is 9.67. The molecule has 1 aromatic heterocycles. The number of aliphatic imine (C=N–C) groups is 1. The Kier molecular flexibility index (Phi) is 4.96. The first-order valence-electron chi connectivity index (χ1n) is 7.57. The number of hydrogen-bond acceptors (Lipinski definition) is 5. The first-order valence-corrected chi connectivity index (χ1v) is 7.95. The van der Waals surface area contributed by atoms with Crippen LogP contribution in [0, 0.1) is 0 Å². The topological polar surface area (TPSA) is 89.6 Å². The number of halogens is 1. The van der Waals surface area contributed by atoms with E-state index in [0.29, 0.717) is 17.2 Å². The molecule has 1 aliphatic heterocycles. The Bertz CT molecular complexity index is 761. The molecule has 1 amide bonds. The van der Waals surface area contributed by atoms with E-state index >= 15 is 0 Å². The minimum atomic E-state index is -0.245. The van der Waals surface area contributed by atoms with E-state index in [2.05, 4.69) is 15.3 Å². The highest BCUT2D eigenvalue weighted by Crippen LogP contribution is 2.16. The van der Waals surface area contributed by atoms with Crippen LogP contribution < -0.4 is 11.1 Å². The van der Waals surface area contributed by atoms with Gasteiger partial charge in [-0.3, -0.25) is 9.78 Å². The molecule has 24 heavy (non-hydrogen) atoms. The third kappa shape index (κ3) is 4.23. The molecule has 0 radical (unpaired) electrons. The molecule has 0 aliphatic carbocycles. The maximum absolute atomic E-state index is 12.1. The molecule has 0 saturated heterocycles. The number of carbonyl (C=O) groups is 1. The predicted molar refractivity (Wildman–Crippen MR) is 93.3 cm³/mol. The van der Waals surface area contributed by atoms with E-state index in [-0.39, 0.29) is 18.0 Å². The number of benzene rings is 1. The number of rotatable bonds is 5. The van der Waals surface area contributed by atoms with E-state index in [0.717, 1.165) is 24.1 Å². The molecule has 1 atom stereocenters. The van der Waals surface area contributed by atoms with Crippen molar-refractivity contribution in [2.45, 2.75) is 18.9 Å². The molecule has 2 aromatic rings. The van der Waals surface area contributed by atoms with E-state index in [9.17, 15) is 4.79 Å². The van der Waals surface area contributed by atoms with Crippen molar-refractivity contribution in [3.05, 3.63) is 58.9 Å². The van der Waals surface area contributed by atoms with Crippen molar-refractivity contribution >= 4 is 29.2 Å². The number of nitrogens with two attached hydrogens (primary N) is 1. The standard InChI is InChI=1S/C17H17ClN4O2/c18-13-7-12(8-20-9-13)16(23)21-14-4-1-11(2-5-14)3-6-15-10-24-17(19)22-15/h1-2,4-5,7-9,15H,3,6,10H2,(H2,19,22)(H,21,23). The van der Waals surface area contributed by atoms with Crippen molar-refractivity contribution < 1.29 is 9.53 Å².